The van der Waals surface area contributed by atoms with Gasteiger partial charge in [-0.2, -0.15) is 0 Å². The molecule has 0 saturated carbocycles. The summed E-state index contributed by atoms with van der Waals surface area (Å²) in [6.45, 7) is 6.90. The van der Waals surface area contributed by atoms with Crippen LogP contribution in [-0.4, -0.2) is 31.1 Å². The average Bonchev–Trinajstić information content (AvgIpc) is 2.46. The third-order valence-electron chi connectivity index (χ3n) is 4.58. The highest BCUT2D eigenvalue weighted by Crippen LogP contribution is 2.24. The van der Waals surface area contributed by atoms with E-state index in [0.717, 1.165) is 12.6 Å². The first-order valence-electron chi connectivity index (χ1n) is 8.22. The van der Waals surface area contributed by atoms with Crippen LogP contribution < -0.4 is 5.32 Å². The smallest absolute Gasteiger partial charge is 0.0447 e. The highest BCUT2D eigenvalue weighted by atomic mass is 15.2. The molecule has 1 aliphatic heterocycles. The summed E-state index contributed by atoms with van der Waals surface area (Å²) in [5, 5.41) is 3.51. The Hall–Kier alpha value is -0.860. The van der Waals surface area contributed by atoms with Crippen molar-refractivity contribution in [2.24, 2.45) is 0 Å². The fourth-order valence-electron chi connectivity index (χ4n) is 3.45. The van der Waals surface area contributed by atoms with Crippen molar-refractivity contribution >= 4 is 0 Å². The maximum atomic E-state index is 3.51. The number of hydrogen-bond acceptors (Lipinski definition) is 2. The van der Waals surface area contributed by atoms with Crippen molar-refractivity contribution in [3.63, 3.8) is 0 Å². The number of nitrogens with one attached hydrogen (secondary N) is 1. The van der Waals surface area contributed by atoms with Crippen LogP contribution in [0.2, 0.25) is 0 Å². The number of piperidine rings is 1. The maximum Gasteiger partial charge on any atom is 0.0447 e. The molecule has 2 heteroatoms. The van der Waals surface area contributed by atoms with E-state index in [4.69, 9.17) is 0 Å². The molecule has 2 unspecified atom stereocenters. The third kappa shape index (κ3) is 4.07. The second kappa shape index (κ2) is 7.80. The maximum absolute atomic E-state index is 3.51. The molecule has 2 atom stereocenters. The van der Waals surface area contributed by atoms with Crippen LogP contribution >= 0.6 is 0 Å². The predicted molar refractivity (Wildman–Crippen MR) is 87.1 cm³/mol. The first kappa shape index (κ1) is 15.5. The predicted octanol–water partition coefficient (Wildman–Crippen LogP) is 3.91. The molecule has 1 fully saturated rings. The fourth-order valence-corrected chi connectivity index (χ4v) is 3.45. The number of likely N-dealkylation sites (tertiary alicyclic amines) is 1. The van der Waals surface area contributed by atoms with E-state index in [2.05, 4.69) is 55.4 Å². The van der Waals surface area contributed by atoms with Crippen LogP contribution in [0.15, 0.2) is 24.3 Å². The summed E-state index contributed by atoms with van der Waals surface area (Å²) in [5.41, 5.74) is 2.78. The minimum absolute atomic E-state index is 0.451. The Bertz CT molecular complexity index is 400. The molecule has 112 valence electrons. The van der Waals surface area contributed by atoms with Gasteiger partial charge in [0.2, 0.25) is 0 Å². The van der Waals surface area contributed by atoms with Crippen LogP contribution in [0.4, 0.5) is 0 Å². The average molecular weight is 274 g/mol. The van der Waals surface area contributed by atoms with E-state index in [9.17, 15) is 0 Å². The Morgan fingerprint density at radius 3 is 2.90 bits per heavy atom. The lowest BCUT2D eigenvalue weighted by Crippen LogP contribution is -2.43. The van der Waals surface area contributed by atoms with Crippen molar-refractivity contribution in [3.05, 3.63) is 35.4 Å². The van der Waals surface area contributed by atoms with Crippen molar-refractivity contribution < 1.29 is 0 Å². The highest BCUT2D eigenvalue weighted by Gasteiger charge is 2.24. The van der Waals surface area contributed by atoms with Gasteiger partial charge in [-0.3, -0.25) is 4.90 Å². The van der Waals surface area contributed by atoms with Crippen LogP contribution in [0, 0.1) is 6.92 Å². The first-order valence-corrected chi connectivity index (χ1v) is 8.22. The number of hydrogen-bond donors (Lipinski definition) is 1. The van der Waals surface area contributed by atoms with Gasteiger partial charge in [0.25, 0.3) is 0 Å². The van der Waals surface area contributed by atoms with E-state index in [0.29, 0.717) is 6.04 Å². The molecule has 1 aromatic rings. The summed E-state index contributed by atoms with van der Waals surface area (Å²) < 4.78 is 0. The summed E-state index contributed by atoms with van der Waals surface area (Å²) in [4.78, 5) is 2.72. The molecule has 0 bridgehead atoms. The molecular weight excluding hydrogens is 244 g/mol. The standard InChI is InChI=1S/C18H30N2/c1-4-8-17-11-5-6-12-20(17)14-18(19-3)16-10-7-9-15(2)13-16/h7,9-10,13,17-19H,4-6,8,11-12,14H2,1-3H3. The van der Waals surface area contributed by atoms with Crippen molar-refractivity contribution in [2.75, 3.05) is 20.1 Å². The van der Waals surface area contributed by atoms with Gasteiger partial charge in [0, 0.05) is 18.6 Å². The molecule has 0 spiro atoms. The minimum atomic E-state index is 0.451. The van der Waals surface area contributed by atoms with Gasteiger partial charge in [-0.25, -0.2) is 0 Å². The largest absolute Gasteiger partial charge is 0.312 e. The molecule has 0 amide bonds. The summed E-state index contributed by atoms with van der Waals surface area (Å²) >= 11 is 0. The van der Waals surface area contributed by atoms with E-state index in [-0.39, 0.29) is 0 Å². The monoisotopic (exact) mass is 274 g/mol. The van der Waals surface area contributed by atoms with Crippen LogP contribution in [0.25, 0.3) is 0 Å². The van der Waals surface area contributed by atoms with E-state index < -0.39 is 0 Å². The lowest BCUT2D eigenvalue weighted by Gasteiger charge is -2.38. The highest BCUT2D eigenvalue weighted by molar-refractivity contribution is 5.25. The quantitative estimate of drug-likeness (QED) is 0.846. The van der Waals surface area contributed by atoms with Gasteiger partial charge in [0.1, 0.15) is 0 Å². The van der Waals surface area contributed by atoms with Crippen LogP contribution in [0.1, 0.15) is 56.2 Å². The molecule has 0 radical (unpaired) electrons. The molecular formula is C18H30N2. The SMILES string of the molecule is CCCC1CCCCN1CC(NC)c1cccc(C)c1. The van der Waals surface area contributed by atoms with Gasteiger partial charge >= 0.3 is 0 Å². The van der Waals surface area contributed by atoms with E-state index >= 15 is 0 Å². The van der Waals surface area contributed by atoms with Gasteiger partial charge in [-0.15, -0.1) is 0 Å². The summed E-state index contributed by atoms with van der Waals surface area (Å²) in [7, 11) is 2.09. The normalized spacial score (nSPS) is 21.9. The van der Waals surface area contributed by atoms with Crippen LogP contribution in [0.3, 0.4) is 0 Å². The molecule has 1 saturated heterocycles. The van der Waals surface area contributed by atoms with Gasteiger partial charge in [0.15, 0.2) is 0 Å². The summed E-state index contributed by atoms with van der Waals surface area (Å²) in [6, 6.07) is 10.2. The van der Waals surface area contributed by atoms with E-state index in [1.54, 1.807) is 0 Å². The third-order valence-corrected chi connectivity index (χ3v) is 4.58. The van der Waals surface area contributed by atoms with Crippen molar-refractivity contribution in [1.82, 2.24) is 10.2 Å². The topological polar surface area (TPSA) is 15.3 Å². The molecule has 1 N–H and O–H groups in total. The molecule has 0 aliphatic carbocycles. The van der Waals surface area contributed by atoms with E-state index in [1.165, 1.54) is 49.8 Å². The number of likely N-dealkylation sites (N-methyl/N-ethyl adjacent to an activating group) is 1. The van der Waals surface area contributed by atoms with Crippen LogP contribution in [-0.2, 0) is 0 Å². The molecule has 1 heterocycles. The second-order valence-electron chi connectivity index (χ2n) is 6.19. The zero-order valence-electron chi connectivity index (χ0n) is 13.4. The van der Waals surface area contributed by atoms with E-state index in [1.807, 2.05) is 0 Å². The lowest BCUT2D eigenvalue weighted by molar-refractivity contribution is 0.126. The zero-order valence-corrected chi connectivity index (χ0v) is 13.4. The minimum Gasteiger partial charge on any atom is -0.312 e. The van der Waals surface area contributed by atoms with Gasteiger partial charge < -0.3 is 5.32 Å². The fraction of sp³-hybridized carbons (Fsp3) is 0.667. The Morgan fingerprint density at radius 1 is 1.35 bits per heavy atom. The molecule has 2 nitrogen and oxygen atoms in total. The summed E-state index contributed by atoms with van der Waals surface area (Å²) in [5.74, 6) is 0. The van der Waals surface area contributed by atoms with Crippen molar-refractivity contribution in [1.29, 1.82) is 0 Å². The molecule has 0 aromatic heterocycles. The molecule has 2 rings (SSSR count). The zero-order chi connectivity index (χ0) is 14.4. The Morgan fingerprint density at radius 2 is 2.20 bits per heavy atom. The second-order valence-corrected chi connectivity index (χ2v) is 6.19. The lowest BCUT2D eigenvalue weighted by atomic mass is 9.96. The number of aryl methyl sites for hydroxylation is 1. The summed E-state index contributed by atoms with van der Waals surface area (Å²) in [6.07, 6.45) is 6.82. The Kier molecular flexibility index (Phi) is 6.06. The first-order chi connectivity index (χ1) is 9.74. The molecule has 20 heavy (non-hydrogen) atoms. The van der Waals surface area contributed by atoms with Crippen LogP contribution in [0.5, 0.6) is 0 Å². The van der Waals surface area contributed by atoms with Gasteiger partial charge in [-0.1, -0.05) is 49.6 Å². The number of rotatable bonds is 6. The van der Waals surface area contributed by atoms with Gasteiger partial charge in [0.05, 0.1) is 0 Å². The Labute approximate surface area is 124 Å². The molecule has 1 aliphatic rings. The Balaban J connectivity index is 2.04. The molecule has 1 aromatic carbocycles. The van der Waals surface area contributed by atoms with Crippen molar-refractivity contribution in [3.8, 4) is 0 Å². The number of nitrogens with zero attached hydrogens (tertiary/aromatic N) is 1. The van der Waals surface area contributed by atoms with Gasteiger partial charge in [-0.05, 0) is 45.3 Å². The van der Waals surface area contributed by atoms with Crippen molar-refractivity contribution in [2.45, 2.75) is 58.0 Å². The number of benzene rings is 1.